The van der Waals surface area contributed by atoms with E-state index < -0.39 is 5.82 Å². The van der Waals surface area contributed by atoms with E-state index in [-0.39, 0.29) is 30.9 Å². The Labute approximate surface area is 146 Å². The molecular formula is C17H15BrFNO4. The Bertz CT molecular complexity index is 740. The number of para-hydroxylation sites is 2. The highest BCUT2D eigenvalue weighted by molar-refractivity contribution is 9.10. The Hall–Kier alpha value is -2.28. The Morgan fingerprint density at radius 2 is 2.08 bits per heavy atom. The monoisotopic (exact) mass is 395 g/mol. The van der Waals surface area contributed by atoms with Gasteiger partial charge in [-0.05, 0) is 30.3 Å². The third kappa shape index (κ3) is 4.17. The van der Waals surface area contributed by atoms with Crippen LogP contribution >= 0.6 is 15.9 Å². The third-order valence-electron chi connectivity index (χ3n) is 3.35. The molecule has 0 saturated heterocycles. The van der Waals surface area contributed by atoms with E-state index in [0.717, 1.165) is 0 Å². The molecule has 1 heterocycles. The maximum Gasteiger partial charge on any atom is 0.258 e. The summed E-state index contributed by atoms with van der Waals surface area (Å²) >= 11 is 3.16. The predicted molar refractivity (Wildman–Crippen MR) is 89.0 cm³/mol. The van der Waals surface area contributed by atoms with Crippen LogP contribution in [0.3, 0.4) is 0 Å². The zero-order valence-corrected chi connectivity index (χ0v) is 14.2. The van der Waals surface area contributed by atoms with Crippen molar-refractivity contribution in [2.24, 2.45) is 0 Å². The average Bonchev–Trinajstić information content (AvgIpc) is 2.59. The van der Waals surface area contributed by atoms with E-state index >= 15 is 0 Å². The molecule has 1 amide bonds. The average molecular weight is 396 g/mol. The number of ether oxygens (including phenoxy) is 3. The molecule has 1 aliphatic heterocycles. The van der Waals surface area contributed by atoms with Crippen molar-refractivity contribution in [3.05, 3.63) is 52.8 Å². The standard InChI is InChI=1S/C17H15BrFNO4/c18-11-5-6-14(13(19)7-11)23-10-17(21)20-8-12-9-22-15-3-1-2-4-16(15)24-12/h1-7,12H,8-10H2,(H,20,21). The van der Waals surface area contributed by atoms with Gasteiger partial charge in [0, 0.05) is 4.47 Å². The lowest BCUT2D eigenvalue weighted by Gasteiger charge is -2.26. The molecule has 1 unspecified atom stereocenters. The SMILES string of the molecule is O=C(COc1ccc(Br)cc1F)NCC1COc2ccccc2O1. The van der Waals surface area contributed by atoms with Crippen molar-refractivity contribution in [3.63, 3.8) is 0 Å². The van der Waals surface area contributed by atoms with Crippen molar-refractivity contribution in [2.45, 2.75) is 6.10 Å². The topological polar surface area (TPSA) is 56.8 Å². The Morgan fingerprint density at radius 3 is 2.88 bits per heavy atom. The summed E-state index contributed by atoms with van der Waals surface area (Å²) in [7, 11) is 0. The molecule has 24 heavy (non-hydrogen) atoms. The van der Waals surface area contributed by atoms with E-state index in [9.17, 15) is 9.18 Å². The van der Waals surface area contributed by atoms with Gasteiger partial charge in [0.15, 0.2) is 29.7 Å². The molecule has 0 saturated carbocycles. The number of halogens is 2. The van der Waals surface area contributed by atoms with Crippen molar-refractivity contribution < 1.29 is 23.4 Å². The van der Waals surface area contributed by atoms with Crippen LogP contribution in [0.2, 0.25) is 0 Å². The maximum absolute atomic E-state index is 13.6. The molecule has 0 radical (unpaired) electrons. The largest absolute Gasteiger partial charge is 0.486 e. The highest BCUT2D eigenvalue weighted by atomic mass is 79.9. The smallest absolute Gasteiger partial charge is 0.258 e. The van der Waals surface area contributed by atoms with E-state index in [0.29, 0.717) is 22.6 Å². The van der Waals surface area contributed by atoms with Crippen LogP contribution in [0.5, 0.6) is 17.2 Å². The molecule has 1 N–H and O–H groups in total. The summed E-state index contributed by atoms with van der Waals surface area (Å²) in [6.07, 6.45) is -0.284. The van der Waals surface area contributed by atoms with Crippen LogP contribution < -0.4 is 19.5 Å². The molecule has 7 heteroatoms. The first-order valence-corrected chi connectivity index (χ1v) is 8.14. The minimum absolute atomic E-state index is 0.0273. The van der Waals surface area contributed by atoms with Gasteiger partial charge in [-0.15, -0.1) is 0 Å². The van der Waals surface area contributed by atoms with E-state index in [2.05, 4.69) is 21.2 Å². The molecule has 0 fully saturated rings. The number of amides is 1. The van der Waals surface area contributed by atoms with Crippen molar-refractivity contribution >= 4 is 21.8 Å². The Balaban J connectivity index is 1.45. The van der Waals surface area contributed by atoms with Crippen LogP contribution in [0.1, 0.15) is 0 Å². The van der Waals surface area contributed by atoms with Gasteiger partial charge in [-0.25, -0.2) is 4.39 Å². The number of nitrogens with one attached hydrogen (secondary N) is 1. The van der Waals surface area contributed by atoms with Crippen LogP contribution in [0.25, 0.3) is 0 Å². The van der Waals surface area contributed by atoms with E-state index in [1.165, 1.54) is 12.1 Å². The van der Waals surface area contributed by atoms with Gasteiger partial charge in [-0.1, -0.05) is 28.1 Å². The molecule has 0 bridgehead atoms. The van der Waals surface area contributed by atoms with Gasteiger partial charge in [-0.3, -0.25) is 4.79 Å². The number of hydrogen-bond acceptors (Lipinski definition) is 4. The van der Waals surface area contributed by atoms with Gasteiger partial charge in [0.1, 0.15) is 12.7 Å². The first kappa shape index (κ1) is 16.6. The van der Waals surface area contributed by atoms with Crippen LogP contribution in [0.4, 0.5) is 4.39 Å². The van der Waals surface area contributed by atoms with Crippen molar-refractivity contribution in [3.8, 4) is 17.2 Å². The summed E-state index contributed by atoms with van der Waals surface area (Å²) in [5.41, 5.74) is 0. The zero-order chi connectivity index (χ0) is 16.9. The minimum Gasteiger partial charge on any atom is -0.486 e. The van der Waals surface area contributed by atoms with Gasteiger partial charge >= 0.3 is 0 Å². The van der Waals surface area contributed by atoms with Crippen LogP contribution in [-0.2, 0) is 4.79 Å². The number of carbonyl (C=O) groups excluding carboxylic acids is 1. The predicted octanol–water partition coefficient (Wildman–Crippen LogP) is 2.92. The first-order chi connectivity index (χ1) is 11.6. The summed E-state index contributed by atoms with van der Waals surface area (Å²) in [5.74, 6) is 0.474. The van der Waals surface area contributed by atoms with Gasteiger partial charge in [-0.2, -0.15) is 0 Å². The van der Waals surface area contributed by atoms with Crippen molar-refractivity contribution in [1.29, 1.82) is 0 Å². The summed E-state index contributed by atoms with van der Waals surface area (Å²) < 4.78 is 30.7. The zero-order valence-electron chi connectivity index (χ0n) is 12.6. The molecule has 2 aromatic carbocycles. The second-order valence-electron chi connectivity index (χ2n) is 5.17. The van der Waals surface area contributed by atoms with E-state index in [1.54, 1.807) is 6.07 Å². The summed E-state index contributed by atoms with van der Waals surface area (Å²) in [5, 5.41) is 2.68. The Kier molecular flexibility index (Phi) is 5.20. The van der Waals surface area contributed by atoms with Crippen molar-refractivity contribution in [1.82, 2.24) is 5.32 Å². The fourth-order valence-corrected chi connectivity index (χ4v) is 2.51. The second-order valence-corrected chi connectivity index (χ2v) is 6.08. The normalized spacial score (nSPS) is 15.7. The van der Waals surface area contributed by atoms with Gasteiger partial charge in [0.2, 0.25) is 0 Å². The van der Waals surface area contributed by atoms with Crippen LogP contribution in [0, 0.1) is 5.82 Å². The quantitative estimate of drug-likeness (QED) is 0.845. The molecule has 1 atom stereocenters. The summed E-state index contributed by atoms with van der Waals surface area (Å²) in [4.78, 5) is 11.8. The molecule has 2 aromatic rings. The molecular weight excluding hydrogens is 381 g/mol. The number of fused-ring (bicyclic) bond motifs is 1. The molecule has 0 spiro atoms. The fourth-order valence-electron chi connectivity index (χ4n) is 2.18. The van der Waals surface area contributed by atoms with Gasteiger partial charge in [0.25, 0.3) is 5.91 Å². The molecule has 126 valence electrons. The highest BCUT2D eigenvalue weighted by Crippen LogP contribution is 2.30. The van der Waals surface area contributed by atoms with Crippen molar-refractivity contribution in [2.75, 3.05) is 19.8 Å². The lowest BCUT2D eigenvalue weighted by molar-refractivity contribution is -0.123. The summed E-state index contributed by atoms with van der Waals surface area (Å²) in [6.45, 7) is 0.349. The van der Waals surface area contributed by atoms with Crippen LogP contribution in [0.15, 0.2) is 46.9 Å². The molecule has 5 nitrogen and oxygen atoms in total. The number of benzene rings is 2. The van der Waals surface area contributed by atoms with Crippen LogP contribution in [-0.4, -0.2) is 31.8 Å². The molecule has 0 aromatic heterocycles. The van der Waals surface area contributed by atoms with Gasteiger partial charge < -0.3 is 19.5 Å². The number of hydrogen-bond donors (Lipinski definition) is 1. The Morgan fingerprint density at radius 1 is 1.29 bits per heavy atom. The fraction of sp³-hybridized carbons (Fsp3) is 0.235. The lowest BCUT2D eigenvalue weighted by atomic mass is 10.2. The molecule has 1 aliphatic rings. The highest BCUT2D eigenvalue weighted by Gasteiger charge is 2.21. The van der Waals surface area contributed by atoms with E-state index in [4.69, 9.17) is 14.2 Å². The number of rotatable bonds is 5. The molecule has 3 rings (SSSR count). The lowest BCUT2D eigenvalue weighted by Crippen LogP contribution is -2.42. The number of carbonyl (C=O) groups is 1. The van der Waals surface area contributed by atoms with Gasteiger partial charge in [0.05, 0.1) is 6.54 Å². The molecule has 0 aliphatic carbocycles. The first-order valence-electron chi connectivity index (χ1n) is 7.35. The van der Waals surface area contributed by atoms with E-state index in [1.807, 2.05) is 24.3 Å². The summed E-state index contributed by atoms with van der Waals surface area (Å²) in [6, 6.07) is 11.7. The second kappa shape index (κ2) is 7.53. The maximum atomic E-state index is 13.6. The minimum atomic E-state index is -0.530. The third-order valence-corrected chi connectivity index (χ3v) is 3.84.